The molecule has 0 spiro atoms. The lowest BCUT2D eigenvalue weighted by atomic mass is 10.2. The lowest BCUT2D eigenvalue weighted by molar-refractivity contribution is -0.148. The van der Waals surface area contributed by atoms with Gasteiger partial charge < -0.3 is 14.8 Å². The van der Waals surface area contributed by atoms with Gasteiger partial charge in [0, 0.05) is 21.0 Å². The van der Waals surface area contributed by atoms with E-state index in [-0.39, 0.29) is 0 Å². The minimum absolute atomic E-state index is 0.453. The van der Waals surface area contributed by atoms with Gasteiger partial charge in [0.15, 0.2) is 6.10 Å². The second-order valence-electron chi connectivity index (χ2n) is 5.88. The highest BCUT2D eigenvalue weighted by Gasteiger charge is 2.18. The topological polar surface area (TPSA) is 64.6 Å². The highest BCUT2D eigenvalue weighted by molar-refractivity contribution is 7.20. The molecule has 1 atom stereocenters. The summed E-state index contributed by atoms with van der Waals surface area (Å²) in [5, 5.41) is 4.21. The van der Waals surface area contributed by atoms with Crippen molar-refractivity contribution in [2.75, 3.05) is 12.4 Å². The van der Waals surface area contributed by atoms with Crippen LogP contribution < -0.4 is 10.1 Å². The van der Waals surface area contributed by atoms with Crippen LogP contribution in [0.25, 0.3) is 16.2 Å². The number of ether oxygens (including phenoxy) is 2. The number of anilines is 1. The molecule has 3 rings (SSSR count). The van der Waals surface area contributed by atoms with Crippen molar-refractivity contribution in [3.8, 4) is 5.75 Å². The van der Waals surface area contributed by atoms with Crippen molar-refractivity contribution in [1.82, 2.24) is 0 Å². The number of nitrogens with one attached hydrogen (secondary N) is 1. The number of methoxy groups -OCH3 is 1. The molecule has 1 N–H and O–H groups in total. The van der Waals surface area contributed by atoms with Crippen molar-refractivity contribution in [2.24, 2.45) is 0 Å². The molecule has 2 aromatic carbocycles. The number of rotatable bonds is 6. The van der Waals surface area contributed by atoms with E-state index in [4.69, 9.17) is 21.1 Å². The smallest absolute Gasteiger partial charge is 0.331 e. The molecule has 1 amide bonds. The first-order valence-electron chi connectivity index (χ1n) is 8.49. The molecule has 7 heteroatoms. The van der Waals surface area contributed by atoms with E-state index in [0.717, 1.165) is 15.0 Å². The summed E-state index contributed by atoms with van der Waals surface area (Å²) in [6.45, 7) is 1.50. The molecule has 0 aliphatic heterocycles. The van der Waals surface area contributed by atoms with Gasteiger partial charge in [0.1, 0.15) is 5.75 Å². The van der Waals surface area contributed by atoms with E-state index < -0.39 is 18.0 Å². The Kier molecular flexibility index (Phi) is 6.34. The predicted molar refractivity (Wildman–Crippen MR) is 113 cm³/mol. The molecule has 0 saturated carbocycles. The number of thiophene rings is 1. The SMILES string of the molecule is COc1ccccc1NC(=O)[C@H](C)OC(=O)/C=C/c1sc2ccccc2c1Cl. The van der Waals surface area contributed by atoms with Gasteiger partial charge in [-0.15, -0.1) is 11.3 Å². The van der Waals surface area contributed by atoms with Crippen LogP contribution in [0.2, 0.25) is 5.02 Å². The molecule has 3 aromatic rings. The summed E-state index contributed by atoms with van der Waals surface area (Å²) in [5.41, 5.74) is 0.505. The van der Waals surface area contributed by atoms with E-state index >= 15 is 0 Å². The second kappa shape index (κ2) is 8.91. The zero-order chi connectivity index (χ0) is 20.1. The monoisotopic (exact) mass is 415 g/mol. The first-order valence-corrected chi connectivity index (χ1v) is 9.68. The van der Waals surface area contributed by atoms with Crippen molar-refractivity contribution in [3.63, 3.8) is 0 Å². The van der Waals surface area contributed by atoms with Crippen LogP contribution in [0.4, 0.5) is 5.69 Å². The molecular weight excluding hydrogens is 398 g/mol. The van der Waals surface area contributed by atoms with Crippen LogP contribution in [0.5, 0.6) is 5.75 Å². The molecule has 0 aliphatic carbocycles. The van der Waals surface area contributed by atoms with Crippen LogP contribution in [-0.2, 0) is 14.3 Å². The molecule has 0 aliphatic rings. The molecule has 0 unspecified atom stereocenters. The third-order valence-electron chi connectivity index (χ3n) is 3.96. The van der Waals surface area contributed by atoms with Crippen LogP contribution in [0.1, 0.15) is 11.8 Å². The number of hydrogen-bond donors (Lipinski definition) is 1. The fourth-order valence-corrected chi connectivity index (χ4v) is 3.93. The van der Waals surface area contributed by atoms with Crippen LogP contribution >= 0.6 is 22.9 Å². The molecule has 0 bridgehead atoms. The van der Waals surface area contributed by atoms with Crippen molar-refractivity contribution in [1.29, 1.82) is 0 Å². The first kappa shape index (κ1) is 19.9. The van der Waals surface area contributed by atoms with Gasteiger partial charge in [0.2, 0.25) is 0 Å². The summed E-state index contributed by atoms with van der Waals surface area (Å²) in [7, 11) is 1.51. The molecule has 5 nitrogen and oxygen atoms in total. The molecule has 28 heavy (non-hydrogen) atoms. The summed E-state index contributed by atoms with van der Waals surface area (Å²) in [5.74, 6) is -0.559. The van der Waals surface area contributed by atoms with Gasteiger partial charge in [0.05, 0.1) is 17.8 Å². The highest BCUT2D eigenvalue weighted by atomic mass is 35.5. The Morgan fingerprint density at radius 1 is 1.14 bits per heavy atom. The van der Waals surface area contributed by atoms with Crippen molar-refractivity contribution in [3.05, 3.63) is 64.5 Å². The number of fused-ring (bicyclic) bond motifs is 1. The first-order chi connectivity index (χ1) is 13.5. The third kappa shape index (κ3) is 4.52. The molecule has 1 heterocycles. The predicted octanol–water partition coefficient (Wildman–Crippen LogP) is 5.15. The average Bonchev–Trinajstić information content (AvgIpc) is 3.02. The Morgan fingerprint density at radius 3 is 2.61 bits per heavy atom. The molecule has 0 fully saturated rings. The van der Waals surface area contributed by atoms with Gasteiger partial charge in [-0.05, 0) is 31.2 Å². The summed E-state index contributed by atoms with van der Waals surface area (Å²) in [6, 6.07) is 14.7. The second-order valence-corrected chi connectivity index (χ2v) is 7.34. The minimum Gasteiger partial charge on any atom is -0.495 e. The Hall–Kier alpha value is -2.83. The van der Waals surface area contributed by atoms with E-state index in [1.807, 2.05) is 24.3 Å². The lowest BCUT2D eigenvalue weighted by Gasteiger charge is -2.14. The van der Waals surface area contributed by atoms with Crippen molar-refractivity contribution < 1.29 is 19.1 Å². The average molecular weight is 416 g/mol. The van der Waals surface area contributed by atoms with E-state index in [1.54, 1.807) is 30.3 Å². The van der Waals surface area contributed by atoms with Gasteiger partial charge in [-0.1, -0.05) is 41.9 Å². The lowest BCUT2D eigenvalue weighted by Crippen LogP contribution is -2.29. The maximum atomic E-state index is 12.3. The molecule has 1 aromatic heterocycles. The molecule has 0 radical (unpaired) electrons. The van der Waals surface area contributed by atoms with Crippen molar-refractivity contribution in [2.45, 2.75) is 13.0 Å². The maximum Gasteiger partial charge on any atom is 0.331 e. The van der Waals surface area contributed by atoms with Gasteiger partial charge in [-0.2, -0.15) is 0 Å². The Bertz CT molecular complexity index is 1040. The largest absolute Gasteiger partial charge is 0.495 e. The number of hydrogen-bond acceptors (Lipinski definition) is 5. The third-order valence-corrected chi connectivity index (χ3v) is 5.61. The number of carbonyl (C=O) groups excluding carboxylic acids is 2. The van der Waals surface area contributed by atoms with Crippen molar-refractivity contribution >= 4 is 56.7 Å². The van der Waals surface area contributed by atoms with Crippen LogP contribution in [0, 0.1) is 0 Å². The van der Waals surface area contributed by atoms with E-state index in [9.17, 15) is 9.59 Å². The summed E-state index contributed by atoms with van der Waals surface area (Å²) in [4.78, 5) is 25.1. The van der Waals surface area contributed by atoms with Gasteiger partial charge in [-0.25, -0.2) is 4.79 Å². The molecular formula is C21H18ClNO4S. The molecule has 0 saturated heterocycles. The Morgan fingerprint density at radius 2 is 1.86 bits per heavy atom. The van der Waals surface area contributed by atoms with Crippen LogP contribution in [-0.4, -0.2) is 25.1 Å². The minimum atomic E-state index is -0.972. The van der Waals surface area contributed by atoms with Gasteiger partial charge in [0.25, 0.3) is 5.91 Å². The number of amides is 1. The fourth-order valence-electron chi connectivity index (χ4n) is 2.53. The summed E-state index contributed by atoms with van der Waals surface area (Å²) >= 11 is 7.82. The van der Waals surface area contributed by atoms with Gasteiger partial charge in [-0.3, -0.25) is 4.79 Å². The number of carbonyl (C=O) groups is 2. The number of esters is 1. The number of halogens is 1. The van der Waals surface area contributed by atoms with Gasteiger partial charge >= 0.3 is 5.97 Å². The Balaban J connectivity index is 1.62. The maximum absolute atomic E-state index is 12.3. The number of benzene rings is 2. The standard InChI is InChI=1S/C21H18ClNO4S/c1-13(21(25)23-15-8-4-5-9-16(15)26-2)27-19(24)12-11-18-20(22)14-7-3-6-10-17(14)28-18/h3-13H,1-2H3,(H,23,25)/b12-11+/t13-/m0/s1. The zero-order valence-electron chi connectivity index (χ0n) is 15.3. The summed E-state index contributed by atoms with van der Waals surface area (Å²) in [6.07, 6.45) is 1.89. The normalized spacial score (nSPS) is 12.1. The quantitative estimate of drug-likeness (QED) is 0.446. The van der Waals surface area contributed by atoms with E-state index in [2.05, 4.69) is 5.32 Å². The highest BCUT2D eigenvalue weighted by Crippen LogP contribution is 2.35. The fraction of sp³-hybridized carbons (Fsp3) is 0.143. The van der Waals surface area contributed by atoms with Crippen LogP contribution in [0.3, 0.4) is 0 Å². The van der Waals surface area contributed by atoms with Crippen LogP contribution in [0.15, 0.2) is 54.6 Å². The Labute approximate surface area is 171 Å². The molecule has 144 valence electrons. The zero-order valence-corrected chi connectivity index (χ0v) is 16.8. The number of para-hydroxylation sites is 2. The summed E-state index contributed by atoms with van der Waals surface area (Å²) < 4.78 is 11.4. The van der Waals surface area contributed by atoms with E-state index in [0.29, 0.717) is 16.5 Å². The van der Waals surface area contributed by atoms with E-state index in [1.165, 1.54) is 31.4 Å².